The monoisotopic (exact) mass is 684 g/mol. The Labute approximate surface area is 279 Å². The lowest BCUT2D eigenvalue weighted by atomic mass is 9.94. The number of imidazole rings is 1. The average Bonchev–Trinajstić information content (AvgIpc) is 3.95. The molecule has 0 radical (unpaired) electrons. The minimum absolute atomic E-state index is 0.00250. The van der Waals surface area contributed by atoms with Gasteiger partial charge >= 0.3 is 18.4 Å². The van der Waals surface area contributed by atoms with Crippen molar-refractivity contribution >= 4 is 35.1 Å². The Kier molecular flexibility index (Phi) is 8.11. The van der Waals surface area contributed by atoms with Gasteiger partial charge in [0.15, 0.2) is 5.65 Å². The summed E-state index contributed by atoms with van der Waals surface area (Å²) >= 11 is 0. The summed E-state index contributed by atoms with van der Waals surface area (Å²) in [6.45, 7) is 5.50. The third-order valence-corrected chi connectivity index (χ3v) is 9.22. The molecule has 3 fully saturated rings. The lowest BCUT2D eigenvalue weighted by molar-refractivity contribution is -0.136. The molecule has 4 aromatic heterocycles. The van der Waals surface area contributed by atoms with Gasteiger partial charge in [-0.2, -0.15) is 22.8 Å². The molecule has 1 saturated heterocycles. The van der Waals surface area contributed by atoms with Gasteiger partial charge in [0, 0.05) is 43.0 Å². The third kappa shape index (κ3) is 6.96. The van der Waals surface area contributed by atoms with Crippen molar-refractivity contribution in [2.45, 2.75) is 89.1 Å². The summed E-state index contributed by atoms with van der Waals surface area (Å²) in [5, 5.41) is 27.8. The molecule has 49 heavy (non-hydrogen) atoms. The summed E-state index contributed by atoms with van der Waals surface area (Å²) < 4.78 is 51.3. The maximum absolute atomic E-state index is 14.2. The number of alkyl halides is 3. The number of anilines is 2. The molecular weight excluding hydrogens is 645 g/mol. The summed E-state index contributed by atoms with van der Waals surface area (Å²) in [6.07, 6.45) is 1.59. The molecule has 2 amide bonds. The Bertz CT molecular complexity index is 1910. The number of hydrogen-bond acceptors (Lipinski definition) is 8. The van der Waals surface area contributed by atoms with E-state index in [1.54, 1.807) is 39.2 Å². The SMILES string of the molecule is CC(C)(C)OC(=O)N(Cc1cn2cc(C3CC3)cc(C(F)(F)F)c2n1)c1cc(NC[C@H]2CCN(C(=O)O)C[C@@H]2O)nc2c(C3CC3)cnn12. The zero-order chi connectivity index (χ0) is 34.8. The number of likely N-dealkylation sites (tertiary alicyclic amines) is 1. The van der Waals surface area contributed by atoms with Crippen LogP contribution < -0.4 is 10.2 Å². The molecule has 0 aromatic carbocycles. The number of hydrogen-bond donors (Lipinski definition) is 3. The van der Waals surface area contributed by atoms with Crippen LogP contribution in [-0.2, 0) is 17.5 Å². The van der Waals surface area contributed by atoms with E-state index in [1.165, 1.54) is 31.0 Å². The maximum Gasteiger partial charge on any atom is 0.419 e. The molecular formula is C33H39F3N8O5. The number of halogens is 3. The molecule has 7 rings (SSSR count). The molecule has 2 aliphatic carbocycles. The minimum Gasteiger partial charge on any atom is -0.465 e. The molecule has 5 heterocycles. The van der Waals surface area contributed by atoms with Crippen LogP contribution in [0.15, 0.2) is 30.7 Å². The number of carboxylic acid groups (broad SMARTS) is 1. The van der Waals surface area contributed by atoms with Gasteiger partial charge in [-0.15, -0.1) is 0 Å². The lowest BCUT2D eigenvalue weighted by Crippen LogP contribution is -2.47. The topological polar surface area (TPSA) is 150 Å². The van der Waals surface area contributed by atoms with Crippen LogP contribution in [0.4, 0.5) is 34.4 Å². The number of rotatable bonds is 8. The Morgan fingerprint density at radius 2 is 1.78 bits per heavy atom. The first kappa shape index (κ1) is 32.9. The molecule has 0 bridgehead atoms. The highest BCUT2D eigenvalue weighted by atomic mass is 19.4. The van der Waals surface area contributed by atoms with E-state index in [-0.39, 0.29) is 61.1 Å². The van der Waals surface area contributed by atoms with E-state index < -0.39 is 35.6 Å². The highest BCUT2D eigenvalue weighted by Crippen LogP contribution is 2.44. The van der Waals surface area contributed by atoms with Crippen molar-refractivity contribution in [3.8, 4) is 0 Å². The molecule has 262 valence electrons. The van der Waals surface area contributed by atoms with Crippen molar-refractivity contribution in [3.63, 3.8) is 0 Å². The molecule has 13 nitrogen and oxygen atoms in total. The molecule has 3 aliphatic rings. The first-order valence-corrected chi connectivity index (χ1v) is 16.5. The summed E-state index contributed by atoms with van der Waals surface area (Å²) in [7, 11) is 0. The van der Waals surface area contributed by atoms with Crippen LogP contribution >= 0.6 is 0 Å². The fourth-order valence-electron chi connectivity index (χ4n) is 6.37. The number of aliphatic hydroxyl groups is 1. The van der Waals surface area contributed by atoms with Crippen molar-refractivity contribution in [2.24, 2.45) is 5.92 Å². The van der Waals surface area contributed by atoms with Gasteiger partial charge in [-0.25, -0.2) is 19.6 Å². The Hall–Kier alpha value is -4.60. The van der Waals surface area contributed by atoms with Gasteiger partial charge < -0.3 is 29.6 Å². The molecule has 2 saturated carbocycles. The molecule has 0 unspecified atom stereocenters. The van der Waals surface area contributed by atoms with Crippen LogP contribution in [-0.4, -0.2) is 82.6 Å². The van der Waals surface area contributed by atoms with E-state index in [0.29, 0.717) is 23.4 Å². The molecule has 0 spiro atoms. The Morgan fingerprint density at radius 1 is 1.04 bits per heavy atom. The van der Waals surface area contributed by atoms with Gasteiger partial charge in [0.25, 0.3) is 0 Å². The van der Waals surface area contributed by atoms with Crippen molar-refractivity contribution in [1.29, 1.82) is 0 Å². The van der Waals surface area contributed by atoms with Gasteiger partial charge in [-0.3, -0.25) is 4.90 Å². The first-order valence-electron chi connectivity index (χ1n) is 16.5. The highest BCUT2D eigenvalue weighted by Gasteiger charge is 2.37. The number of aromatic nitrogens is 5. The van der Waals surface area contributed by atoms with Crippen molar-refractivity contribution in [2.75, 3.05) is 29.9 Å². The lowest BCUT2D eigenvalue weighted by Gasteiger charge is -2.34. The van der Waals surface area contributed by atoms with Gasteiger partial charge in [-0.1, -0.05) is 0 Å². The van der Waals surface area contributed by atoms with E-state index in [2.05, 4.69) is 15.4 Å². The van der Waals surface area contributed by atoms with E-state index in [4.69, 9.17) is 9.72 Å². The average molecular weight is 685 g/mol. The summed E-state index contributed by atoms with van der Waals surface area (Å²) in [4.78, 5) is 37.0. The largest absolute Gasteiger partial charge is 0.465 e. The summed E-state index contributed by atoms with van der Waals surface area (Å²) in [5.74, 6) is 0.728. The number of carbonyl (C=O) groups is 2. The minimum atomic E-state index is -4.62. The molecule has 1 aliphatic heterocycles. The van der Waals surface area contributed by atoms with E-state index >= 15 is 0 Å². The number of nitrogens with one attached hydrogen (secondary N) is 1. The van der Waals surface area contributed by atoms with E-state index in [0.717, 1.165) is 31.2 Å². The number of aliphatic hydroxyl groups excluding tert-OH is 1. The zero-order valence-corrected chi connectivity index (χ0v) is 27.4. The maximum atomic E-state index is 14.2. The Morgan fingerprint density at radius 3 is 2.41 bits per heavy atom. The second-order valence-corrected chi connectivity index (χ2v) is 14.3. The van der Waals surface area contributed by atoms with Crippen LogP contribution in [0.1, 0.15) is 87.1 Å². The highest BCUT2D eigenvalue weighted by molar-refractivity contribution is 5.88. The normalized spacial score (nSPS) is 20.2. The van der Waals surface area contributed by atoms with Crippen LogP contribution in [0.25, 0.3) is 11.3 Å². The van der Waals surface area contributed by atoms with Gasteiger partial charge in [0.1, 0.15) is 22.9 Å². The van der Waals surface area contributed by atoms with Crippen LogP contribution in [0, 0.1) is 5.92 Å². The molecule has 4 aromatic rings. The van der Waals surface area contributed by atoms with E-state index in [1.807, 2.05) is 0 Å². The Balaban J connectivity index is 1.27. The second-order valence-electron chi connectivity index (χ2n) is 14.3. The predicted octanol–water partition coefficient (Wildman–Crippen LogP) is 5.87. The number of pyridine rings is 1. The summed E-state index contributed by atoms with van der Waals surface area (Å²) in [5.41, 5.74) is 0.255. The van der Waals surface area contributed by atoms with Crippen LogP contribution in [0.5, 0.6) is 0 Å². The van der Waals surface area contributed by atoms with Gasteiger partial charge in [-0.05, 0) is 76.3 Å². The second kappa shape index (κ2) is 12.1. The number of β-amino-alcohol motifs (C(OH)–C–C–N with tert-alkyl or cyclic N) is 1. The van der Waals surface area contributed by atoms with Crippen molar-refractivity contribution in [3.05, 3.63) is 53.1 Å². The number of carbonyl (C=O) groups excluding carboxylic acids is 1. The number of piperidine rings is 1. The number of nitrogens with zero attached hydrogens (tertiary/aromatic N) is 7. The number of fused-ring (bicyclic) bond motifs is 2. The zero-order valence-electron chi connectivity index (χ0n) is 27.4. The predicted molar refractivity (Wildman–Crippen MR) is 172 cm³/mol. The van der Waals surface area contributed by atoms with Crippen molar-refractivity contribution < 1.29 is 37.7 Å². The molecule has 2 atom stereocenters. The van der Waals surface area contributed by atoms with Crippen LogP contribution in [0.2, 0.25) is 0 Å². The first-order chi connectivity index (χ1) is 23.1. The van der Waals surface area contributed by atoms with Gasteiger partial charge in [0.2, 0.25) is 0 Å². The molecule has 3 N–H and O–H groups in total. The van der Waals surface area contributed by atoms with Crippen LogP contribution in [0.3, 0.4) is 0 Å². The fraction of sp³-hybridized carbons (Fsp3) is 0.545. The molecule has 16 heteroatoms. The quantitative estimate of drug-likeness (QED) is 0.207. The van der Waals surface area contributed by atoms with E-state index in [9.17, 15) is 33.0 Å². The number of ether oxygens (including phenoxy) is 1. The number of amides is 2. The summed E-state index contributed by atoms with van der Waals surface area (Å²) in [6, 6.07) is 2.78. The smallest absolute Gasteiger partial charge is 0.419 e. The van der Waals surface area contributed by atoms with Gasteiger partial charge in [0.05, 0.1) is 36.6 Å². The standard InChI is InChI=1S/C33H39F3N8O5/c1-32(2,3)49-31(48)43(16-22-15-42-14-21(18-4-5-18)10-24(29(42)39-22)33(34,35)36)27-11-26(40-28-23(19-6-7-19)13-38-44(27)28)37-12-20-8-9-41(30(46)47)17-25(20)45/h10-11,13-15,18-20,25,45H,4-9,12,16-17H2,1-3H3,(H,37,40)(H,46,47)/t20-,25+/m1/s1. The fourth-order valence-corrected chi connectivity index (χ4v) is 6.37. The van der Waals surface area contributed by atoms with Crippen molar-refractivity contribution in [1.82, 2.24) is 28.9 Å². The third-order valence-electron chi connectivity index (χ3n) is 9.22.